The van der Waals surface area contributed by atoms with Gasteiger partial charge in [0.1, 0.15) is 10.8 Å². The molecule has 30 heavy (non-hydrogen) atoms. The van der Waals surface area contributed by atoms with E-state index in [1.165, 1.54) is 19.2 Å². The van der Waals surface area contributed by atoms with Gasteiger partial charge in [-0.1, -0.05) is 11.6 Å². The number of nitrogens with one attached hydrogen (secondary N) is 1. The second-order valence-electron chi connectivity index (χ2n) is 6.83. The van der Waals surface area contributed by atoms with Crippen LogP contribution < -0.4 is 10.1 Å². The van der Waals surface area contributed by atoms with Crippen LogP contribution in [0.1, 0.15) is 53.6 Å². The summed E-state index contributed by atoms with van der Waals surface area (Å²) < 4.78 is 41.5. The fourth-order valence-corrected chi connectivity index (χ4v) is 2.87. The van der Waals surface area contributed by atoms with Crippen LogP contribution in [0.25, 0.3) is 0 Å². The molecular weight excluding hydrogens is 423 g/mol. The highest BCUT2D eigenvalue weighted by Crippen LogP contribution is 2.25. The molecule has 2 heterocycles. The standard InChI is InChI=1S/C20H21ClF3N3O3/c1-11-6-14(8-16(26-11)7-12(2)28)13(3)27-18(29)15-9-17(21)19(25-10-15)30-5-4-20(22,23)24/h6,8-10,13H,4-5,7H2,1-3H3,(H,27,29). The second kappa shape index (κ2) is 9.88. The first kappa shape index (κ1) is 23.6. The topological polar surface area (TPSA) is 81.2 Å². The third-order valence-corrected chi connectivity index (χ3v) is 4.27. The van der Waals surface area contributed by atoms with Gasteiger partial charge in [0.05, 0.1) is 24.6 Å². The number of pyridine rings is 2. The molecular formula is C20H21ClF3N3O3. The van der Waals surface area contributed by atoms with E-state index in [1.807, 2.05) is 0 Å². The number of aromatic nitrogens is 2. The van der Waals surface area contributed by atoms with Crippen LogP contribution in [0.5, 0.6) is 5.88 Å². The number of aryl methyl sites for hydroxylation is 1. The first-order valence-electron chi connectivity index (χ1n) is 9.07. The van der Waals surface area contributed by atoms with Gasteiger partial charge in [-0.2, -0.15) is 13.2 Å². The third-order valence-electron chi connectivity index (χ3n) is 4.00. The van der Waals surface area contributed by atoms with Crippen LogP contribution in [-0.2, 0) is 11.2 Å². The van der Waals surface area contributed by atoms with Gasteiger partial charge in [0, 0.05) is 24.0 Å². The molecule has 2 aromatic heterocycles. The number of nitrogens with zero attached hydrogens (tertiary/aromatic N) is 2. The molecule has 0 bridgehead atoms. The smallest absolute Gasteiger partial charge is 0.392 e. The lowest BCUT2D eigenvalue weighted by Crippen LogP contribution is -2.27. The van der Waals surface area contributed by atoms with Crippen LogP contribution in [0, 0.1) is 6.92 Å². The number of hydrogen-bond acceptors (Lipinski definition) is 5. The van der Waals surface area contributed by atoms with E-state index in [4.69, 9.17) is 16.3 Å². The lowest BCUT2D eigenvalue weighted by atomic mass is 10.1. The molecule has 6 nitrogen and oxygen atoms in total. The van der Waals surface area contributed by atoms with Gasteiger partial charge in [-0.25, -0.2) is 4.98 Å². The molecule has 1 unspecified atom stereocenters. The van der Waals surface area contributed by atoms with E-state index in [0.29, 0.717) is 5.69 Å². The second-order valence-corrected chi connectivity index (χ2v) is 7.24. The summed E-state index contributed by atoms with van der Waals surface area (Å²) in [6, 6.07) is 4.43. The monoisotopic (exact) mass is 443 g/mol. The summed E-state index contributed by atoms with van der Waals surface area (Å²) in [4.78, 5) is 32.0. The Balaban J connectivity index is 2.06. The SMILES string of the molecule is CC(=O)Cc1cc(C(C)NC(=O)c2cnc(OCCC(F)(F)F)c(Cl)c2)cc(C)n1. The molecule has 0 radical (unpaired) electrons. The molecule has 0 saturated heterocycles. The molecule has 0 spiro atoms. The first-order chi connectivity index (χ1) is 13.9. The summed E-state index contributed by atoms with van der Waals surface area (Å²) in [6.45, 7) is 4.42. The highest BCUT2D eigenvalue weighted by molar-refractivity contribution is 6.32. The van der Waals surface area contributed by atoms with Crippen molar-refractivity contribution in [2.45, 2.75) is 45.8 Å². The van der Waals surface area contributed by atoms with Crippen LogP contribution in [0.15, 0.2) is 24.4 Å². The van der Waals surface area contributed by atoms with Crippen molar-refractivity contribution < 1.29 is 27.5 Å². The zero-order valence-corrected chi connectivity index (χ0v) is 17.4. The van der Waals surface area contributed by atoms with Gasteiger partial charge in [0.25, 0.3) is 5.91 Å². The van der Waals surface area contributed by atoms with Crippen LogP contribution in [0.4, 0.5) is 13.2 Å². The number of hydrogen-bond donors (Lipinski definition) is 1. The number of carbonyl (C=O) groups excluding carboxylic acids is 2. The maximum absolute atomic E-state index is 12.5. The molecule has 0 aliphatic heterocycles. The Morgan fingerprint density at radius 2 is 1.97 bits per heavy atom. The van der Waals surface area contributed by atoms with Crippen molar-refractivity contribution in [2.24, 2.45) is 0 Å². The molecule has 1 N–H and O–H groups in total. The van der Waals surface area contributed by atoms with E-state index < -0.39 is 31.2 Å². The van der Waals surface area contributed by atoms with Crippen molar-refractivity contribution in [2.75, 3.05) is 6.61 Å². The lowest BCUT2D eigenvalue weighted by molar-refractivity contribution is -0.139. The van der Waals surface area contributed by atoms with Crippen LogP contribution in [-0.4, -0.2) is 34.4 Å². The largest absolute Gasteiger partial charge is 0.476 e. The van der Waals surface area contributed by atoms with E-state index in [1.54, 1.807) is 26.0 Å². The predicted octanol–water partition coefficient (Wildman–Crippen LogP) is 4.39. The van der Waals surface area contributed by atoms with Crippen molar-refractivity contribution in [3.05, 3.63) is 51.9 Å². The molecule has 2 rings (SSSR count). The Bertz CT molecular complexity index is 935. The summed E-state index contributed by atoms with van der Waals surface area (Å²) in [5.41, 5.74) is 2.24. The number of carbonyl (C=O) groups is 2. The van der Waals surface area contributed by atoms with E-state index in [9.17, 15) is 22.8 Å². The van der Waals surface area contributed by atoms with Gasteiger partial charge in [-0.3, -0.25) is 14.6 Å². The summed E-state index contributed by atoms with van der Waals surface area (Å²) in [5.74, 6) is -0.667. The van der Waals surface area contributed by atoms with E-state index in [2.05, 4.69) is 15.3 Å². The molecule has 0 aliphatic carbocycles. The van der Waals surface area contributed by atoms with Crippen molar-refractivity contribution >= 4 is 23.3 Å². The Labute approximate surface area is 176 Å². The average molecular weight is 444 g/mol. The van der Waals surface area contributed by atoms with Crippen molar-refractivity contribution in [1.82, 2.24) is 15.3 Å². The highest BCUT2D eigenvalue weighted by Gasteiger charge is 2.27. The molecule has 10 heteroatoms. The van der Waals surface area contributed by atoms with Gasteiger partial charge in [0.2, 0.25) is 5.88 Å². The number of alkyl halides is 3. The van der Waals surface area contributed by atoms with Gasteiger partial charge < -0.3 is 10.1 Å². The van der Waals surface area contributed by atoms with Gasteiger partial charge in [0.15, 0.2) is 0 Å². The fraction of sp³-hybridized carbons (Fsp3) is 0.400. The highest BCUT2D eigenvalue weighted by atomic mass is 35.5. The van der Waals surface area contributed by atoms with Gasteiger partial charge in [-0.05, 0) is 44.5 Å². The van der Waals surface area contributed by atoms with Crippen molar-refractivity contribution in [3.63, 3.8) is 0 Å². The number of Topliss-reactive ketones (excluding diaryl/α,β-unsaturated/α-hetero) is 1. The minimum atomic E-state index is -4.35. The van der Waals surface area contributed by atoms with E-state index >= 15 is 0 Å². The molecule has 1 atom stereocenters. The molecule has 162 valence electrons. The van der Waals surface area contributed by atoms with E-state index in [-0.39, 0.29) is 28.7 Å². The minimum absolute atomic E-state index is 0.0194. The number of ketones is 1. The molecule has 1 amide bonds. The summed E-state index contributed by atoms with van der Waals surface area (Å²) in [6.07, 6.45) is -4.11. The van der Waals surface area contributed by atoms with Crippen LogP contribution >= 0.6 is 11.6 Å². The summed E-state index contributed by atoms with van der Waals surface area (Å²) >= 11 is 5.98. The molecule has 2 aromatic rings. The summed E-state index contributed by atoms with van der Waals surface area (Å²) in [7, 11) is 0. The normalized spacial score (nSPS) is 12.4. The minimum Gasteiger partial charge on any atom is -0.476 e. The zero-order chi connectivity index (χ0) is 22.5. The maximum atomic E-state index is 12.5. The molecule has 0 aliphatic rings. The third kappa shape index (κ3) is 7.29. The van der Waals surface area contributed by atoms with Gasteiger partial charge >= 0.3 is 6.18 Å². The summed E-state index contributed by atoms with van der Waals surface area (Å²) in [5, 5.41) is 2.72. The number of halogens is 4. The Morgan fingerprint density at radius 1 is 1.27 bits per heavy atom. The van der Waals surface area contributed by atoms with Crippen LogP contribution in [0.3, 0.4) is 0 Å². The van der Waals surface area contributed by atoms with Gasteiger partial charge in [-0.15, -0.1) is 0 Å². The molecule has 0 fully saturated rings. The quantitative estimate of drug-likeness (QED) is 0.654. The van der Waals surface area contributed by atoms with Crippen LogP contribution in [0.2, 0.25) is 5.02 Å². The Hall–Kier alpha value is -2.68. The first-order valence-corrected chi connectivity index (χ1v) is 9.45. The maximum Gasteiger partial charge on any atom is 0.392 e. The van der Waals surface area contributed by atoms with Crippen molar-refractivity contribution in [3.8, 4) is 5.88 Å². The predicted molar refractivity (Wildman–Crippen MR) is 105 cm³/mol. The Morgan fingerprint density at radius 3 is 2.57 bits per heavy atom. The van der Waals surface area contributed by atoms with E-state index in [0.717, 1.165) is 11.3 Å². The van der Waals surface area contributed by atoms with Crippen molar-refractivity contribution in [1.29, 1.82) is 0 Å². The number of amides is 1. The molecule has 0 aromatic carbocycles. The average Bonchev–Trinajstić information content (AvgIpc) is 2.60. The molecule has 0 saturated carbocycles. The number of rotatable bonds is 8. The zero-order valence-electron chi connectivity index (χ0n) is 16.6. The lowest BCUT2D eigenvalue weighted by Gasteiger charge is -2.16. The number of ether oxygens (including phenoxy) is 1. The Kier molecular flexibility index (Phi) is 7.77. The fourth-order valence-electron chi connectivity index (χ4n) is 2.64.